The predicted molar refractivity (Wildman–Crippen MR) is 86.4 cm³/mol. The van der Waals surface area contributed by atoms with Gasteiger partial charge in [0.25, 0.3) is 0 Å². The first-order valence-electron chi connectivity index (χ1n) is 6.76. The Morgan fingerprint density at radius 3 is 2.41 bits per heavy atom. The zero-order valence-electron chi connectivity index (χ0n) is 13.3. The molecular formula is C14H23N2O5P. The molecule has 0 spiro atoms. The standard InChI is InChI=1S/C8H11OP.C6H12N2O4/c1-5-3-6(2)8(10)4-7(5)9;1-3-10-6(9)8-7-5-12-11-4-2/h3-4,9H,10H2,1-2H3;3-5H2,1-2H3. The van der Waals surface area contributed by atoms with E-state index in [2.05, 4.69) is 34.0 Å². The number of carbonyl (C=O) groups is 1. The van der Waals surface area contributed by atoms with E-state index >= 15 is 0 Å². The maximum Gasteiger partial charge on any atom is 0.452 e. The van der Waals surface area contributed by atoms with Crippen LogP contribution in [-0.2, 0) is 14.5 Å². The largest absolute Gasteiger partial charge is 0.508 e. The van der Waals surface area contributed by atoms with E-state index in [0.717, 1.165) is 10.9 Å². The molecule has 8 heteroatoms. The lowest BCUT2D eigenvalue weighted by atomic mass is 10.1. The lowest BCUT2D eigenvalue weighted by Crippen LogP contribution is -1.98. The van der Waals surface area contributed by atoms with Gasteiger partial charge in [-0.2, -0.15) is 5.11 Å². The first-order valence-corrected chi connectivity index (χ1v) is 7.34. The van der Waals surface area contributed by atoms with E-state index in [1.807, 2.05) is 19.9 Å². The quantitative estimate of drug-likeness (QED) is 0.295. The lowest BCUT2D eigenvalue weighted by Gasteiger charge is -2.02. The minimum absolute atomic E-state index is 0.105. The fourth-order valence-electron chi connectivity index (χ4n) is 1.24. The van der Waals surface area contributed by atoms with Gasteiger partial charge in [0.05, 0.1) is 13.2 Å². The summed E-state index contributed by atoms with van der Waals surface area (Å²) in [5.74, 6) is 0.371. The Bertz CT molecular complexity index is 444. The van der Waals surface area contributed by atoms with E-state index in [1.54, 1.807) is 19.9 Å². The molecule has 0 aliphatic heterocycles. The average molecular weight is 330 g/mol. The van der Waals surface area contributed by atoms with Gasteiger partial charge >= 0.3 is 6.09 Å². The third-order valence-corrected chi connectivity index (χ3v) is 2.94. The minimum atomic E-state index is -0.724. The highest BCUT2D eigenvalue weighted by Crippen LogP contribution is 2.16. The van der Waals surface area contributed by atoms with Crippen molar-refractivity contribution in [3.63, 3.8) is 0 Å². The molecule has 0 radical (unpaired) electrons. The first kappa shape index (κ1) is 20.4. The minimum Gasteiger partial charge on any atom is -0.508 e. The second-order valence-electron chi connectivity index (χ2n) is 4.09. The van der Waals surface area contributed by atoms with Crippen LogP contribution >= 0.6 is 9.24 Å². The molecule has 0 heterocycles. The van der Waals surface area contributed by atoms with Gasteiger partial charge in [-0.3, -0.25) is 0 Å². The molecule has 1 aromatic carbocycles. The fourth-order valence-corrected chi connectivity index (χ4v) is 1.48. The molecule has 0 bridgehead atoms. The number of carbonyl (C=O) groups excluding carboxylic acids is 1. The number of hydrogen-bond acceptors (Lipinski definition) is 6. The molecule has 0 saturated heterocycles. The molecule has 1 atom stereocenters. The van der Waals surface area contributed by atoms with Crippen LogP contribution in [0.4, 0.5) is 4.79 Å². The molecule has 1 rings (SSSR count). The molecular weight excluding hydrogens is 307 g/mol. The monoisotopic (exact) mass is 330 g/mol. The summed E-state index contributed by atoms with van der Waals surface area (Å²) in [5.41, 5.74) is 2.13. The van der Waals surface area contributed by atoms with E-state index in [1.165, 1.54) is 5.56 Å². The van der Waals surface area contributed by atoms with Gasteiger partial charge in [-0.1, -0.05) is 11.2 Å². The number of benzene rings is 1. The third-order valence-electron chi connectivity index (χ3n) is 2.32. The summed E-state index contributed by atoms with van der Waals surface area (Å²) in [6.45, 7) is 7.97. The molecule has 0 aliphatic carbocycles. The van der Waals surface area contributed by atoms with Crippen LogP contribution in [0.2, 0.25) is 0 Å². The van der Waals surface area contributed by atoms with Crippen LogP contribution in [0.1, 0.15) is 25.0 Å². The summed E-state index contributed by atoms with van der Waals surface area (Å²) >= 11 is 0. The summed E-state index contributed by atoms with van der Waals surface area (Å²) < 4.78 is 4.45. The molecule has 124 valence electrons. The van der Waals surface area contributed by atoms with Crippen molar-refractivity contribution in [3.8, 4) is 5.75 Å². The van der Waals surface area contributed by atoms with Gasteiger partial charge in [-0.25, -0.2) is 14.6 Å². The Hall–Kier alpha value is -1.56. The lowest BCUT2D eigenvalue weighted by molar-refractivity contribution is -0.290. The van der Waals surface area contributed by atoms with Crippen molar-refractivity contribution >= 4 is 20.6 Å². The second-order valence-corrected chi connectivity index (χ2v) is 4.71. The van der Waals surface area contributed by atoms with E-state index < -0.39 is 6.09 Å². The number of nitrogens with zero attached hydrogens (tertiary/aromatic N) is 2. The van der Waals surface area contributed by atoms with Gasteiger partial charge in [0.15, 0.2) is 6.73 Å². The number of ether oxygens (including phenoxy) is 1. The van der Waals surface area contributed by atoms with Crippen LogP contribution in [0.15, 0.2) is 22.4 Å². The Kier molecular flexibility index (Phi) is 11.2. The smallest absolute Gasteiger partial charge is 0.452 e. The van der Waals surface area contributed by atoms with E-state index in [4.69, 9.17) is 0 Å². The van der Waals surface area contributed by atoms with Gasteiger partial charge in [0.2, 0.25) is 0 Å². The van der Waals surface area contributed by atoms with Gasteiger partial charge in [0, 0.05) is 0 Å². The highest BCUT2D eigenvalue weighted by Gasteiger charge is 1.97. The van der Waals surface area contributed by atoms with Crippen molar-refractivity contribution in [2.45, 2.75) is 27.7 Å². The van der Waals surface area contributed by atoms with Gasteiger partial charge in [0.1, 0.15) is 5.75 Å². The molecule has 1 N–H and O–H groups in total. The van der Waals surface area contributed by atoms with Gasteiger partial charge < -0.3 is 9.84 Å². The van der Waals surface area contributed by atoms with E-state index in [0.29, 0.717) is 12.4 Å². The molecule has 7 nitrogen and oxygen atoms in total. The van der Waals surface area contributed by atoms with E-state index in [-0.39, 0.29) is 13.3 Å². The molecule has 0 aliphatic rings. The zero-order valence-corrected chi connectivity index (χ0v) is 14.5. The molecule has 22 heavy (non-hydrogen) atoms. The molecule has 0 fully saturated rings. The number of azo groups is 1. The summed E-state index contributed by atoms with van der Waals surface area (Å²) in [5, 5.41) is 16.7. The van der Waals surface area contributed by atoms with Crippen molar-refractivity contribution < 1.29 is 24.4 Å². The second kappa shape index (κ2) is 12.0. The Balaban J connectivity index is 0.000000406. The van der Waals surface area contributed by atoms with Crippen LogP contribution < -0.4 is 5.30 Å². The van der Waals surface area contributed by atoms with Gasteiger partial charge in [-0.15, -0.1) is 9.24 Å². The van der Waals surface area contributed by atoms with Crippen LogP contribution in [0, 0.1) is 13.8 Å². The Morgan fingerprint density at radius 1 is 1.18 bits per heavy atom. The van der Waals surface area contributed by atoms with Crippen LogP contribution in [-0.4, -0.2) is 31.1 Å². The summed E-state index contributed by atoms with van der Waals surface area (Å²) in [6.07, 6.45) is -0.724. The average Bonchev–Trinajstić information content (AvgIpc) is 2.46. The van der Waals surface area contributed by atoms with Gasteiger partial charge in [-0.05, 0) is 50.2 Å². The fraction of sp³-hybridized carbons (Fsp3) is 0.500. The molecule has 1 aromatic rings. The number of phenolic OH excluding ortho intramolecular Hbond substituents is 1. The summed E-state index contributed by atoms with van der Waals surface area (Å²) in [7, 11) is 2.58. The third kappa shape index (κ3) is 9.39. The highest BCUT2D eigenvalue weighted by molar-refractivity contribution is 7.27. The van der Waals surface area contributed by atoms with E-state index in [9.17, 15) is 9.90 Å². The highest BCUT2D eigenvalue weighted by atomic mass is 31.0. The molecule has 1 amide bonds. The number of amides is 1. The number of hydrogen-bond donors (Lipinski definition) is 1. The normalized spacial score (nSPS) is 10.2. The van der Waals surface area contributed by atoms with Crippen LogP contribution in [0.3, 0.4) is 0 Å². The topological polar surface area (TPSA) is 89.7 Å². The SMILES string of the molecule is CCOOCN=NC(=O)OCC.Cc1cc(C)c(P)cc1O. The number of phenols is 1. The Morgan fingerprint density at radius 2 is 1.86 bits per heavy atom. The zero-order chi connectivity index (χ0) is 17.0. The predicted octanol–water partition coefficient (Wildman–Crippen LogP) is 3.03. The van der Waals surface area contributed by atoms with Crippen molar-refractivity contribution in [2.24, 2.45) is 10.2 Å². The van der Waals surface area contributed by atoms with Crippen LogP contribution in [0.5, 0.6) is 5.75 Å². The first-order chi connectivity index (χ1) is 10.4. The number of rotatable bonds is 5. The molecule has 0 aromatic heterocycles. The van der Waals surface area contributed by atoms with Crippen molar-refractivity contribution in [2.75, 3.05) is 19.9 Å². The Labute approximate surface area is 132 Å². The number of aromatic hydroxyl groups is 1. The van der Waals surface area contributed by atoms with Crippen molar-refractivity contribution in [1.29, 1.82) is 0 Å². The summed E-state index contributed by atoms with van der Waals surface area (Å²) in [4.78, 5) is 19.4. The maximum atomic E-state index is 10.5. The number of aryl methyl sites for hydroxylation is 2. The molecule has 1 unspecified atom stereocenters. The summed E-state index contributed by atoms with van der Waals surface area (Å²) in [6, 6.07) is 3.73. The molecule has 0 saturated carbocycles. The van der Waals surface area contributed by atoms with Crippen LogP contribution in [0.25, 0.3) is 0 Å². The maximum absolute atomic E-state index is 10.5. The van der Waals surface area contributed by atoms with Crippen molar-refractivity contribution in [3.05, 3.63) is 23.3 Å². The van der Waals surface area contributed by atoms with Crippen molar-refractivity contribution in [1.82, 2.24) is 0 Å².